The predicted octanol–water partition coefficient (Wildman–Crippen LogP) is 1.20. The molecule has 1 aliphatic rings. The third kappa shape index (κ3) is 3.44. The van der Waals surface area contributed by atoms with Gasteiger partial charge in [0, 0.05) is 37.3 Å². The minimum atomic E-state index is -0.0189. The molecule has 0 atom stereocenters. The summed E-state index contributed by atoms with van der Waals surface area (Å²) in [5.41, 5.74) is 1.09. The third-order valence-corrected chi connectivity index (χ3v) is 2.80. The van der Waals surface area contributed by atoms with Gasteiger partial charge in [-0.1, -0.05) is 13.2 Å². The molecule has 0 radical (unpaired) electrons. The van der Waals surface area contributed by atoms with Crippen LogP contribution in [0.4, 0.5) is 0 Å². The van der Waals surface area contributed by atoms with E-state index in [-0.39, 0.29) is 11.8 Å². The summed E-state index contributed by atoms with van der Waals surface area (Å²) in [6.07, 6.45) is 0.804. The Bertz CT molecular complexity index is 326. The number of carbonyl (C=O) groups excluding carboxylic acids is 2. The van der Waals surface area contributed by atoms with Crippen molar-refractivity contribution < 1.29 is 9.59 Å². The molecule has 0 aromatic carbocycles. The molecule has 1 heterocycles. The van der Waals surface area contributed by atoms with Crippen molar-refractivity contribution in [1.82, 2.24) is 9.80 Å². The lowest BCUT2D eigenvalue weighted by atomic mass is 10.3. The SMILES string of the molecule is C=C(C)C(=O)N1CCCN(C(=O)C(=C)C)CC1. The Morgan fingerprint density at radius 2 is 1.18 bits per heavy atom. The molecule has 0 saturated carbocycles. The molecule has 4 heteroatoms. The zero-order valence-electron chi connectivity index (χ0n) is 10.7. The lowest BCUT2D eigenvalue weighted by molar-refractivity contribution is -0.129. The fourth-order valence-electron chi connectivity index (χ4n) is 1.86. The first kappa shape index (κ1) is 13.5. The molecule has 1 rings (SSSR count). The summed E-state index contributed by atoms with van der Waals surface area (Å²) in [6, 6.07) is 0. The number of hydrogen-bond acceptors (Lipinski definition) is 2. The molecule has 0 bridgehead atoms. The Morgan fingerprint density at radius 1 is 0.824 bits per heavy atom. The van der Waals surface area contributed by atoms with E-state index in [2.05, 4.69) is 13.2 Å². The average Bonchev–Trinajstić information content (AvgIpc) is 2.52. The fraction of sp³-hybridized carbons (Fsp3) is 0.538. The minimum absolute atomic E-state index is 0.0189. The van der Waals surface area contributed by atoms with Crippen LogP contribution in [0.15, 0.2) is 24.3 Å². The van der Waals surface area contributed by atoms with E-state index < -0.39 is 0 Å². The first-order valence-electron chi connectivity index (χ1n) is 5.83. The first-order valence-corrected chi connectivity index (χ1v) is 5.83. The Balaban J connectivity index is 2.62. The van der Waals surface area contributed by atoms with Crippen LogP contribution in [0, 0.1) is 0 Å². The van der Waals surface area contributed by atoms with Gasteiger partial charge in [0.2, 0.25) is 11.8 Å². The van der Waals surface area contributed by atoms with Gasteiger partial charge in [-0.25, -0.2) is 0 Å². The monoisotopic (exact) mass is 236 g/mol. The van der Waals surface area contributed by atoms with Crippen LogP contribution in [0.25, 0.3) is 0 Å². The topological polar surface area (TPSA) is 40.6 Å². The molecule has 2 amide bonds. The van der Waals surface area contributed by atoms with Crippen LogP contribution >= 0.6 is 0 Å². The highest BCUT2D eigenvalue weighted by molar-refractivity contribution is 5.93. The van der Waals surface area contributed by atoms with Crippen LogP contribution in [0.5, 0.6) is 0 Å². The van der Waals surface area contributed by atoms with Gasteiger partial charge < -0.3 is 9.80 Å². The van der Waals surface area contributed by atoms with Crippen LogP contribution in [0.2, 0.25) is 0 Å². The van der Waals surface area contributed by atoms with Crippen molar-refractivity contribution in [3.05, 3.63) is 24.3 Å². The lowest BCUT2D eigenvalue weighted by Crippen LogP contribution is -2.37. The van der Waals surface area contributed by atoms with Gasteiger partial charge in [-0.15, -0.1) is 0 Å². The average molecular weight is 236 g/mol. The maximum absolute atomic E-state index is 11.8. The van der Waals surface area contributed by atoms with Crippen LogP contribution in [-0.2, 0) is 9.59 Å². The second kappa shape index (κ2) is 5.66. The van der Waals surface area contributed by atoms with Gasteiger partial charge in [-0.05, 0) is 20.3 Å². The molecule has 0 unspecified atom stereocenters. The van der Waals surface area contributed by atoms with Gasteiger partial charge in [0.05, 0.1) is 0 Å². The second-order valence-corrected chi connectivity index (χ2v) is 4.50. The number of hydrogen-bond donors (Lipinski definition) is 0. The zero-order chi connectivity index (χ0) is 13.0. The van der Waals surface area contributed by atoms with E-state index in [0.717, 1.165) is 6.42 Å². The summed E-state index contributed by atoms with van der Waals surface area (Å²) < 4.78 is 0. The quantitative estimate of drug-likeness (QED) is 0.676. The van der Waals surface area contributed by atoms with Crippen molar-refractivity contribution in [3.8, 4) is 0 Å². The molecular formula is C13H20N2O2. The maximum atomic E-state index is 11.8. The van der Waals surface area contributed by atoms with Gasteiger partial charge in [0.15, 0.2) is 0 Å². The van der Waals surface area contributed by atoms with Crippen molar-refractivity contribution in [1.29, 1.82) is 0 Å². The molecule has 1 aliphatic heterocycles. The highest BCUT2D eigenvalue weighted by Gasteiger charge is 2.22. The molecule has 1 fully saturated rings. The molecule has 0 aliphatic carbocycles. The Kier molecular flexibility index (Phi) is 4.49. The number of carbonyl (C=O) groups is 2. The molecule has 0 aromatic heterocycles. The summed E-state index contributed by atoms with van der Waals surface area (Å²) in [5.74, 6) is -0.0377. The molecule has 0 N–H and O–H groups in total. The first-order chi connectivity index (χ1) is 7.93. The molecule has 4 nitrogen and oxygen atoms in total. The molecular weight excluding hydrogens is 216 g/mol. The van der Waals surface area contributed by atoms with Crippen molar-refractivity contribution in [2.45, 2.75) is 20.3 Å². The summed E-state index contributed by atoms with van der Waals surface area (Å²) in [7, 11) is 0. The Labute approximate surface area is 103 Å². The summed E-state index contributed by atoms with van der Waals surface area (Å²) in [5, 5.41) is 0. The van der Waals surface area contributed by atoms with E-state index in [1.807, 2.05) is 0 Å². The van der Waals surface area contributed by atoms with Crippen LogP contribution < -0.4 is 0 Å². The van der Waals surface area contributed by atoms with E-state index in [4.69, 9.17) is 0 Å². The largest absolute Gasteiger partial charge is 0.337 e. The van der Waals surface area contributed by atoms with Gasteiger partial charge in [0.1, 0.15) is 0 Å². The highest BCUT2D eigenvalue weighted by Crippen LogP contribution is 2.08. The van der Waals surface area contributed by atoms with E-state index in [0.29, 0.717) is 37.3 Å². The van der Waals surface area contributed by atoms with E-state index in [9.17, 15) is 9.59 Å². The van der Waals surface area contributed by atoms with Crippen molar-refractivity contribution in [2.24, 2.45) is 0 Å². The van der Waals surface area contributed by atoms with Gasteiger partial charge >= 0.3 is 0 Å². The summed E-state index contributed by atoms with van der Waals surface area (Å²) >= 11 is 0. The summed E-state index contributed by atoms with van der Waals surface area (Å²) in [4.78, 5) is 27.0. The zero-order valence-corrected chi connectivity index (χ0v) is 10.7. The van der Waals surface area contributed by atoms with E-state index in [1.165, 1.54) is 0 Å². The Morgan fingerprint density at radius 3 is 1.47 bits per heavy atom. The smallest absolute Gasteiger partial charge is 0.248 e. The predicted molar refractivity (Wildman–Crippen MR) is 67.4 cm³/mol. The molecule has 94 valence electrons. The minimum Gasteiger partial charge on any atom is -0.337 e. The number of nitrogens with zero attached hydrogens (tertiary/aromatic N) is 2. The van der Waals surface area contributed by atoms with Crippen LogP contribution in [-0.4, -0.2) is 47.8 Å². The van der Waals surface area contributed by atoms with E-state index in [1.54, 1.807) is 23.6 Å². The standard InChI is InChI=1S/C13H20N2O2/c1-10(2)12(16)14-6-5-7-15(9-8-14)13(17)11(3)4/h1,3,5-9H2,2,4H3. The molecule has 1 saturated heterocycles. The molecule has 0 aromatic rings. The van der Waals surface area contributed by atoms with Crippen molar-refractivity contribution >= 4 is 11.8 Å². The number of rotatable bonds is 2. The van der Waals surface area contributed by atoms with Crippen molar-refractivity contribution in [2.75, 3.05) is 26.2 Å². The van der Waals surface area contributed by atoms with Crippen LogP contribution in [0.1, 0.15) is 20.3 Å². The lowest BCUT2D eigenvalue weighted by Gasteiger charge is -2.22. The normalized spacial score (nSPS) is 16.4. The second-order valence-electron chi connectivity index (χ2n) is 4.50. The van der Waals surface area contributed by atoms with Crippen molar-refractivity contribution in [3.63, 3.8) is 0 Å². The Hall–Kier alpha value is -1.58. The van der Waals surface area contributed by atoms with Gasteiger partial charge in [0.25, 0.3) is 0 Å². The fourth-order valence-corrected chi connectivity index (χ4v) is 1.86. The molecule has 0 spiro atoms. The van der Waals surface area contributed by atoms with Gasteiger partial charge in [-0.3, -0.25) is 9.59 Å². The third-order valence-electron chi connectivity index (χ3n) is 2.80. The number of amides is 2. The summed E-state index contributed by atoms with van der Waals surface area (Å²) in [6.45, 7) is 13.3. The van der Waals surface area contributed by atoms with E-state index >= 15 is 0 Å². The molecule has 17 heavy (non-hydrogen) atoms. The highest BCUT2D eigenvalue weighted by atomic mass is 16.2. The maximum Gasteiger partial charge on any atom is 0.248 e. The van der Waals surface area contributed by atoms with Crippen LogP contribution in [0.3, 0.4) is 0 Å². The van der Waals surface area contributed by atoms with Gasteiger partial charge in [-0.2, -0.15) is 0 Å².